The Balaban J connectivity index is 1.71. The SMILES string of the molecule is C=C1/C(=C\C=C2/CCC[C@]3(C)[C@@H]2CC[C@H]3[C@@H](C)CC[C@H](O)C(C)(C)O)C[C@H](O)C[C@H]1O. The van der Waals surface area contributed by atoms with Crippen molar-refractivity contribution < 1.29 is 20.4 Å². The van der Waals surface area contributed by atoms with E-state index in [0.717, 1.165) is 24.0 Å². The Kier molecular flexibility index (Phi) is 7.57. The lowest BCUT2D eigenvalue weighted by atomic mass is 9.60. The van der Waals surface area contributed by atoms with Crippen LogP contribution in [0.2, 0.25) is 0 Å². The van der Waals surface area contributed by atoms with E-state index in [0.29, 0.717) is 37.0 Å². The molecule has 0 aromatic rings. The monoisotopic (exact) mass is 432 g/mol. The average Bonchev–Trinajstić information content (AvgIpc) is 3.04. The van der Waals surface area contributed by atoms with Crippen molar-refractivity contribution in [1.29, 1.82) is 0 Å². The first-order valence-electron chi connectivity index (χ1n) is 12.3. The molecule has 3 saturated carbocycles. The summed E-state index contributed by atoms with van der Waals surface area (Å²) in [5, 5.41) is 40.5. The van der Waals surface area contributed by atoms with Gasteiger partial charge < -0.3 is 20.4 Å². The van der Waals surface area contributed by atoms with Crippen molar-refractivity contribution in [3.8, 4) is 0 Å². The minimum Gasteiger partial charge on any atom is -0.393 e. The fourth-order valence-electron chi connectivity index (χ4n) is 6.65. The molecule has 0 spiro atoms. The number of aliphatic hydroxyl groups excluding tert-OH is 3. The number of aliphatic hydroxyl groups is 4. The molecule has 0 amide bonds. The lowest BCUT2D eigenvalue weighted by molar-refractivity contribution is -0.0554. The maximum absolute atomic E-state index is 10.3. The minimum atomic E-state index is -1.04. The van der Waals surface area contributed by atoms with Gasteiger partial charge in [-0.2, -0.15) is 0 Å². The van der Waals surface area contributed by atoms with E-state index in [2.05, 4.69) is 32.6 Å². The van der Waals surface area contributed by atoms with E-state index >= 15 is 0 Å². The molecule has 0 unspecified atom stereocenters. The number of allylic oxidation sites excluding steroid dienone is 3. The molecule has 3 rings (SSSR count). The van der Waals surface area contributed by atoms with Crippen LogP contribution < -0.4 is 0 Å². The highest BCUT2D eigenvalue weighted by molar-refractivity contribution is 5.38. The average molecular weight is 433 g/mol. The number of hydrogen-bond donors (Lipinski definition) is 4. The zero-order valence-electron chi connectivity index (χ0n) is 20.0. The Morgan fingerprint density at radius 1 is 1.19 bits per heavy atom. The van der Waals surface area contributed by atoms with Crippen LogP contribution in [-0.2, 0) is 0 Å². The van der Waals surface area contributed by atoms with E-state index in [1.807, 2.05) is 0 Å². The van der Waals surface area contributed by atoms with Crippen LogP contribution in [0, 0.1) is 23.2 Å². The number of hydrogen-bond acceptors (Lipinski definition) is 4. The summed E-state index contributed by atoms with van der Waals surface area (Å²) >= 11 is 0. The predicted octanol–water partition coefficient (Wildman–Crippen LogP) is 4.68. The van der Waals surface area contributed by atoms with Crippen molar-refractivity contribution >= 4 is 0 Å². The summed E-state index contributed by atoms with van der Waals surface area (Å²) in [7, 11) is 0. The molecule has 4 nitrogen and oxygen atoms in total. The summed E-state index contributed by atoms with van der Waals surface area (Å²) in [6, 6.07) is 0. The van der Waals surface area contributed by atoms with Crippen LogP contribution >= 0.6 is 0 Å². The zero-order valence-corrected chi connectivity index (χ0v) is 20.0. The Hall–Kier alpha value is -0.940. The van der Waals surface area contributed by atoms with Gasteiger partial charge in [0.1, 0.15) is 0 Å². The Labute approximate surface area is 188 Å². The first kappa shape index (κ1) is 24.7. The summed E-state index contributed by atoms with van der Waals surface area (Å²) in [4.78, 5) is 0. The minimum absolute atomic E-state index is 0.282. The third-order valence-electron chi connectivity index (χ3n) is 8.70. The maximum atomic E-state index is 10.3. The topological polar surface area (TPSA) is 80.9 Å². The summed E-state index contributed by atoms with van der Waals surface area (Å²) in [5.74, 6) is 1.74. The molecule has 4 N–H and O–H groups in total. The third-order valence-corrected chi connectivity index (χ3v) is 8.70. The van der Waals surface area contributed by atoms with E-state index < -0.39 is 23.9 Å². The fourth-order valence-corrected chi connectivity index (χ4v) is 6.65. The number of rotatable bonds is 6. The molecule has 0 saturated heterocycles. The second kappa shape index (κ2) is 9.51. The van der Waals surface area contributed by atoms with Crippen LogP contribution in [0.5, 0.6) is 0 Å². The largest absolute Gasteiger partial charge is 0.393 e. The third kappa shape index (κ3) is 5.35. The Morgan fingerprint density at radius 2 is 1.90 bits per heavy atom. The van der Waals surface area contributed by atoms with Crippen molar-refractivity contribution in [3.05, 3.63) is 35.5 Å². The van der Waals surface area contributed by atoms with E-state index in [-0.39, 0.29) is 5.41 Å². The quantitative estimate of drug-likeness (QED) is 0.491. The molecule has 7 atom stereocenters. The van der Waals surface area contributed by atoms with Gasteiger partial charge in [-0.15, -0.1) is 0 Å². The van der Waals surface area contributed by atoms with Gasteiger partial charge in [-0.3, -0.25) is 0 Å². The van der Waals surface area contributed by atoms with Gasteiger partial charge in [-0.25, -0.2) is 0 Å². The lowest BCUT2D eigenvalue weighted by Gasteiger charge is -2.44. The number of fused-ring (bicyclic) bond motifs is 1. The van der Waals surface area contributed by atoms with Crippen LogP contribution in [0.3, 0.4) is 0 Å². The smallest absolute Gasteiger partial charge is 0.0849 e. The molecule has 0 aromatic heterocycles. The molecule has 31 heavy (non-hydrogen) atoms. The maximum Gasteiger partial charge on any atom is 0.0849 e. The van der Waals surface area contributed by atoms with Crippen LogP contribution in [0.15, 0.2) is 35.5 Å². The molecular weight excluding hydrogens is 388 g/mol. The molecular formula is C27H44O4. The van der Waals surface area contributed by atoms with Crippen LogP contribution in [-0.4, -0.2) is 44.3 Å². The molecule has 3 fully saturated rings. The van der Waals surface area contributed by atoms with Gasteiger partial charge in [0.25, 0.3) is 0 Å². The fraction of sp³-hybridized carbons (Fsp3) is 0.778. The molecule has 0 heterocycles. The second-order valence-corrected chi connectivity index (χ2v) is 11.4. The molecule has 0 aromatic carbocycles. The van der Waals surface area contributed by atoms with E-state index in [4.69, 9.17) is 0 Å². The molecule has 0 bridgehead atoms. The van der Waals surface area contributed by atoms with E-state index in [9.17, 15) is 20.4 Å². The van der Waals surface area contributed by atoms with Gasteiger partial charge in [0.2, 0.25) is 0 Å². The van der Waals surface area contributed by atoms with Crippen LogP contribution in [0.4, 0.5) is 0 Å². The Morgan fingerprint density at radius 3 is 2.58 bits per heavy atom. The predicted molar refractivity (Wildman–Crippen MR) is 125 cm³/mol. The summed E-state index contributed by atoms with van der Waals surface area (Å²) in [6.45, 7) is 12.2. The van der Waals surface area contributed by atoms with Crippen LogP contribution in [0.1, 0.15) is 85.5 Å². The van der Waals surface area contributed by atoms with Crippen molar-refractivity contribution in [2.24, 2.45) is 23.2 Å². The summed E-state index contributed by atoms with van der Waals surface area (Å²) in [6.07, 6.45) is 11.1. The highest BCUT2D eigenvalue weighted by atomic mass is 16.3. The molecule has 0 radical (unpaired) electrons. The molecule has 3 aliphatic rings. The molecule has 0 aliphatic heterocycles. The molecule has 3 aliphatic carbocycles. The highest BCUT2D eigenvalue weighted by Gasteiger charge is 2.50. The normalized spacial score (nSPS) is 39.0. The lowest BCUT2D eigenvalue weighted by Crippen LogP contribution is -2.38. The van der Waals surface area contributed by atoms with Crippen molar-refractivity contribution in [2.45, 2.75) is 109 Å². The molecule has 176 valence electrons. The van der Waals surface area contributed by atoms with Gasteiger partial charge in [0.05, 0.1) is 23.9 Å². The summed E-state index contributed by atoms with van der Waals surface area (Å²) < 4.78 is 0. The van der Waals surface area contributed by atoms with Crippen molar-refractivity contribution in [2.75, 3.05) is 0 Å². The van der Waals surface area contributed by atoms with Gasteiger partial charge in [-0.05, 0) is 99.5 Å². The van der Waals surface area contributed by atoms with E-state index in [1.54, 1.807) is 13.8 Å². The van der Waals surface area contributed by atoms with Crippen LogP contribution in [0.25, 0.3) is 0 Å². The Bertz CT molecular complexity index is 715. The van der Waals surface area contributed by atoms with Gasteiger partial charge in [0, 0.05) is 6.42 Å². The van der Waals surface area contributed by atoms with E-state index in [1.165, 1.54) is 31.3 Å². The van der Waals surface area contributed by atoms with Gasteiger partial charge >= 0.3 is 0 Å². The first-order chi connectivity index (χ1) is 14.4. The van der Waals surface area contributed by atoms with Crippen molar-refractivity contribution in [1.82, 2.24) is 0 Å². The van der Waals surface area contributed by atoms with Gasteiger partial charge in [0.15, 0.2) is 0 Å². The highest BCUT2D eigenvalue weighted by Crippen LogP contribution is 2.60. The first-order valence-corrected chi connectivity index (χ1v) is 12.3. The second-order valence-electron chi connectivity index (χ2n) is 11.4. The standard InChI is InChI=1S/C27H44O4/c1-17(8-13-25(30)26(3,4)31)22-11-12-23-19(7-6-14-27(22,23)5)9-10-20-15-21(28)16-24(29)18(20)2/h9-10,17,21-25,28-31H,2,6-8,11-16H2,1,3-5H3/b19-9+,20-10-/t17-,21-,22-,23+,24+,25-,27-/m0/s1. The molecule has 4 heteroatoms. The van der Waals surface area contributed by atoms with Gasteiger partial charge in [-0.1, -0.05) is 38.2 Å². The van der Waals surface area contributed by atoms with Crippen molar-refractivity contribution in [3.63, 3.8) is 0 Å². The zero-order chi connectivity index (χ0) is 23.0. The summed E-state index contributed by atoms with van der Waals surface area (Å²) in [5.41, 5.74) is 2.48.